The van der Waals surface area contributed by atoms with Gasteiger partial charge < -0.3 is 25.5 Å². The van der Waals surface area contributed by atoms with E-state index >= 15 is 0 Å². The number of carboxylic acids is 2. The van der Waals surface area contributed by atoms with Crippen molar-refractivity contribution in [3.8, 4) is 0 Å². The summed E-state index contributed by atoms with van der Waals surface area (Å²) in [7, 11) is 1.75. The Hall–Kier alpha value is -0.100. The van der Waals surface area contributed by atoms with Crippen LogP contribution in [0, 0.1) is 0 Å². The van der Waals surface area contributed by atoms with E-state index in [0.717, 1.165) is 0 Å². The van der Waals surface area contributed by atoms with Crippen molar-refractivity contribution in [2.45, 2.75) is 12.8 Å². The Labute approximate surface area is 86.9 Å². The maximum absolute atomic E-state index is 9.50. The molecule has 0 atom stereocenters. The Morgan fingerprint density at radius 3 is 1.36 bits per heavy atom. The van der Waals surface area contributed by atoms with E-state index in [2.05, 4.69) is 5.73 Å². The molecule has 0 bridgehead atoms. The van der Waals surface area contributed by atoms with Crippen molar-refractivity contribution in [3.63, 3.8) is 0 Å². The van der Waals surface area contributed by atoms with Gasteiger partial charge in [0.2, 0.25) is 0 Å². The van der Waals surface area contributed by atoms with Crippen molar-refractivity contribution in [2.24, 2.45) is 0 Å². The molecule has 3 N–H and O–H groups in total. The maximum atomic E-state index is 9.50. The second-order valence-corrected chi connectivity index (χ2v) is 1.24. The third-order valence-electron chi connectivity index (χ3n) is 0.533. The molecule has 11 heavy (non-hydrogen) atoms. The minimum Gasteiger partial charge on any atom is -0.550 e. The molecule has 0 fully saturated rings. The van der Waals surface area contributed by atoms with Gasteiger partial charge in [0.15, 0.2) is 0 Å². The average molecular weight is 171 g/mol. The van der Waals surface area contributed by atoms with Crippen LogP contribution in [0.2, 0.25) is 0 Å². The predicted octanol–water partition coefficient (Wildman–Crippen LogP) is -6.87. The summed E-state index contributed by atoms with van der Waals surface area (Å²) in [5.74, 6) is -2.73. The SMILES string of the molecule is C[NH3+].O=C([O-])CCC(=O)[O-].[Na+]. The Bertz CT molecular complexity index is 103. The molecule has 0 unspecified atom stereocenters. The fraction of sp³-hybridized carbons (Fsp3) is 0.600. The molecule has 0 aromatic carbocycles. The van der Waals surface area contributed by atoms with Crippen LogP contribution in [0.15, 0.2) is 0 Å². The van der Waals surface area contributed by atoms with Gasteiger partial charge in [0.05, 0.1) is 7.05 Å². The zero-order valence-corrected chi connectivity index (χ0v) is 8.75. The van der Waals surface area contributed by atoms with Gasteiger partial charge in [-0.1, -0.05) is 0 Å². The van der Waals surface area contributed by atoms with Gasteiger partial charge in [0, 0.05) is 11.9 Å². The zero-order chi connectivity index (χ0) is 8.57. The molecular formula is C5H10NNaO4. The van der Waals surface area contributed by atoms with Crippen LogP contribution in [-0.2, 0) is 9.59 Å². The van der Waals surface area contributed by atoms with Crippen LogP contribution in [0.25, 0.3) is 0 Å². The van der Waals surface area contributed by atoms with Crippen LogP contribution in [-0.4, -0.2) is 19.0 Å². The number of carbonyl (C=O) groups excluding carboxylic acids is 2. The number of quaternary nitrogens is 1. The van der Waals surface area contributed by atoms with Gasteiger partial charge in [-0.15, -0.1) is 0 Å². The van der Waals surface area contributed by atoms with E-state index in [1.165, 1.54) is 0 Å². The summed E-state index contributed by atoms with van der Waals surface area (Å²) >= 11 is 0. The Morgan fingerprint density at radius 1 is 1.09 bits per heavy atom. The van der Waals surface area contributed by atoms with Crippen LogP contribution in [0.5, 0.6) is 0 Å². The topological polar surface area (TPSA) is 108 Å². The average Bonchev–Trinajstić information content (AvgIpc) is 1.89. The van der Waals surface area contributed by atoms with Crippen molar-refractivity contribution >= 4 is 11.9 Å². The molecule has 0 amide bonds. The molecule has 0 spiro atoms. The second-order valence-electron chi connectivity index (χ2n) is 1.24. The molecule has 0 heterocycles. The molecular weight excluding hydrogens is 161 g/mol. The zero-order valence-electron chi connectivity index (χ0n) is 6.75. The van der Waals surface area contributed by atoms with E-state index in [4.69, 9.17) is 0 Å². The summed E-state index contributed by atoms with van der Waals surface area (Å²) < 4.78 is 0. The van der Waals surface area contributed by atoms with Gasteiger partial charge in [-0.3, -0.25) is 0 Å². The van der Waals surface area contributed by atoms with Crippen LogP contribution in [0.4, 0.5) is 0 Å². The van der Waals surface area contributed by atoms with Crippen LogP contribution in [0.3, 0.4) is 0 Å². The normalized spacial score (nSPS) is 6.73. The standard InChI is InChI=1S/C4H6O4.CH5N.Na/c5-3(6)1-2-4(7)8;1-2;/h1-2H2,(H,5,6)(H,7,8);2H2,1H3;/q;;+1/p-1. The van der Waals surface area contributed by atoms with E-state index in [9.17, 15) is 19.8 Å². The fourth-order valence-corrected chi connectivity index (χ4v) is 0.204. The number of hydrogen-bond acceptors (Lipinski definition) is 4. The Morgan fingerprint density at radius 2 is 1.27 bits per heavy atom. The van der Waals surface area contributed by atoms with Crippen LogP contribution in [0.1, 0.15) is 12.8 Å². The van der Waals surface area contributed by atoms with Gasteiger partial charge in [0.1, 0.15) is 0 Å². The summed E-state index contributed by atoms with van der Waals surface area (Å²) in [6, 6.07) is 0. The molecule has 0 saturated carbocycles. The third kappa shape index (κ3) is 25.7. The molecule has 0 aliphatic rings. The van der Waals surface area contributed by atoms with Crippen LogP contribution >= 0.6 is 0 Å². The molecule has 0 aromatic rings. The molecule has 0 rings (SSSR count). The number of rotatable bonds is 3. The van der Waals surface area contributed by atoms with E-state index in [0.29, 0.717) is 0 Å². The van der Waals surface area contributed by atoms with Crippen molar-refractivity contribution in [2.75, 3.05) is 7.05 Å². The smallest absolute Gasteiger partial charge is 0.550 e. The quantitative estimate of drug-likeness (QED) is 0.425. The Kier molecular flexibility index (Phi) is 19.6. The third-order valence-corrected chi connectivity index (χ3v) is 0.533. The summed E-state index contributed by atoms with van der Waals surface area (Å²) in [5.41, 5.74) is 3.25. The van der Waals surface area contributed by atoms with E-state index < -0.39 is 24.8 Å². The summed E-state index contributed by atoms with van der Waals surface area (Å²) in [6.07, 6.45) is -0.940. The van der Waals surface area contributed by atoms with E-state index in [1.807, 2.05) is 0 Å². The van der Waals surface area contributed by atoms with Crippen molar-refractivity contribution in [1.29, 1.82) is 0 Å². The summed E-state index contributed by atoms with van der Waals surface area (Å²) in [5, 5.41) is 19.0. The minimum atomic E-state index is -1.37. The first-order valence-corrected chi connectivity index (χ1v) is 2.73. The second kappa shape index (κ2) is 12.6. The fourth-order valence-electron chi connectivity index (χ4n) is 0.204. The molecule has 0 aromatic heterocycles. The Balaban J connectivity index is -0.000000196. The molecule has 0 aliphatic heterocycles. The maximum Gasteiger partial charge on any atom is 1.00 e. The monoisotopic (exact) mass is 171 g/mol. The van der Waals surface area contributed by atoms with Crippen molar-refractivity contribution < 1.29 is 55.1 Å². The molecule has 0 saturated heterocycles. The minimum absolute atomic E-state index is 0. The van der Waals surface area contributed by atoms with Crippen LogP contribution < -0.4 is 45.5 Å². The van der Waals surface area contributed by atoms with E-state index in [1.54, 1.807) is 7.05 Å². The first-order chi connectivity index (χ1) is 4.63. The van der Waals surface area contributed by atoms with Gasteiger partial charge in [-0.2, -0.15) is 0 Å². The number of carboxylic acid groups (broad SMARTS) is 2. The van der Waals surface area contributed by atoms with Crippen molar-refractivity contribution in [3.05, 3.63) is 0 Å². The van der Waals surface area contributed by atoms with Crippen molar-refractivity contribution in [1.82, 2.24) is 0 Å². The molecule has 6 heteroatoms. The molecule has 60 valence electrons. The largest absolute Gasteiger partial charge is 1.00 e. The van der Waals surface area contributed by atoms with Gasteiger partial charge in [0.25, 0.3) is 0 Å². The van der Waals surface area contributed by atoms with Gasteiger partial charge in [-0.25, -0.2) is 0 Å². The first-order valence-electron chi connectivity index (χ1n) is 2.73. The van der Waals surface area contributed by atoms with Gasteiger partial charge >= 0.3 is 29.6 Å². The summed E-state index contributed by atoms with van der Waals surface area (Å²) in [6.45, 7) is 0. The molecule has 0 aliphatic carbocycles. The number of hydrogen-bond donors (Lipinski definition) is 1. The van der Waals surface area contributed by atoms with Gasteiger partial charge in [-0.05, 0) is 12.8 Å². The first kappa shape index (κ1) is 17.1. The number of carbonyl (C=O) groups is 2. The molecule has 5 nitrogen and oxygen atoms in total. The summed E-state index contributed by atoms with van der Waals surface area (Å²) in [4.78, 5) is 19.0. The predicted molar refractivity (Wildman–Crippen MR) is 28.1 cm³/mol. The number of aliphatic carboxylic acids is 2. The van der Waals surface area contributed by atoms with E-state index in [-0.39, 0.29) is 29.6 Å². The molecule has 0 radical (unpaired) electrons.